The fraction of sp³-hybridized carbons (Fsp3) is 0.318. The predicted octanol–water partition coefficient (Wildman–Crippen LogP) is 4.03. The van der Waals surface area contributed by atoms with Gasteiger partial charge in [0.25, 0.3) is 5.56 Å². The van der Waals surface area contributed by atoms with Crippen molar-refractivity contribution < 1.29 is 14.7 Å². The minimum Gasteiger partial charge on any atom is -0.478 e. The zero-order valence-electron chi connectivity index (χ0n) is 16.9. The first-order chi connectivity index (χ1) is 13.7. The summed E-state index contributed by atoms with van der Waals surface area (Å²) < 4.78 is 0.824. The number of aromatic amines is 1. The first-order valence-corrected chi connectivity index (χ1v) is 9.59. The third-order valence-electron chi connectivity index (χ3n) is 5.06. The second-order valence-corrected chi connectivity index (χ2v) is 7.67. The van der Waals surface area contributed by atoms with Gasteiger partial charge in [0.1, 0.15) is 0 Å². The lowest BCUT2D eigenvalue weighted by Crippen LogP contribution is -2.35. The van der Waals surface area contributed by atoms with Gasteiger partial charge in [0, 0.05) is 6.54 Å². The first kappa shape index (κ1) is 20.4. The summed E-state index contributed by atoms with van der Waals surface area (Å²) in [5.74, 6) is -0.643. The molecule has 0 aliphatic heterocycles. The Balaban J connectivity index is 1.95. The predicted molar refractivity (Wildman–Crippen MR) is 112 cm³/mol. The second kappa shape index (κ2) is 7.95. The molecule has 3 aromatic rings. The number of hydrogen-bond acceptors (Lipinski definition) is 3. The number of aromatic nitrogens is 2. The molecular weight excluding hydrogens is 370 g/mol. The number of aromatic carboxylic acids is 1. The van der Waals surface area contributed by atoms with Gasteiger partial charge in [-0.15, -0.1) is 0 Å². The molecule has 0 spiro atoms. The summed E-state index contributed by atoms with van der Waals surface area (Å²) in [5, 5.41) is 14.8. The summed E-state index contributed by atoms with van der Waals surface area (Å²) in [7, 11) is 0. The van der Waals surface area contributed by atoms with Crippen LogP contribution in [0.1, 0.15) is 66.6 Å². The lowest BCUT2D eigenvalue weighted by molar-refractivity contribution is 0.0699. The minimum absolute atomic E-state index is 0.0133. The minimum atomic E-state index is -1.22. The van der Waals surface area contributed by atoms with Crippen LogP contribution in [0.5, 0.6) is 0 Å². The topological polar surface area (TPSA) is 104 Å². The van der Waals surface area contributed by atoms with Crippen LogP contribution in [0.25, 0.3) is 10.9 Å². The van der Waals surface area contributed by atoms with E-state index in [-0.39, 0.29) is 29.3 Å². The summed E-state index contributed by atoms with van der Waals surface area (Å²) in [6.45, 7) is 8.66. The first-order valence-electron chi connectivity index (χ1n) is 9.59. The van der Waals surface area contributed by atoms with Crippen molar-refractivity contribution >= 4 is 22.9 Å². The van der Waals surface area contributed by atoms with Crippen LogP contribution in [-0.2, 0) is 6.54 Å². The normalized spacial score (nSPS) is 11.4. The molecular formula is C22H25N3O4. The van der Waals surface area contributed by atoms with E-state index in [1.165, 1.54) is 12.1 Å². The maximum Gasteiger partial charge on any atom is 0.343 e. The summed E-state index contributed by atoms with van der Waals surface area (Å²) >= 11 is 0. The molecule has 0 saturated carbocycles. The Morgan fingerprint density at radius 2 is 1.62 bits per heavy atom. The fourth-order valence-corrected chi connectivity index (χ4v) is 3.63. The van der Waals surface area contributed by atoms with E-state index in [2.05, 4.69) is 38.1 Å². The highest BCUT2D eigenvalue weighted by atomic mass is 16.4. The van der Waals surface area contributed by atoms with E-state index in [1.807, 2.05) is 18.2 Å². The maximum absolute atomic E-state index is 12.7. The molecule has 7 heteroatoms. The van der Waals surface area contributed by atoms with Crippen molar-refractivity contribution in [3.63, 3.8) is 0 Å². The van der Waals surface area contributed by atoms with E-state index < -0.39 is 17.6 Å². The van der Waals surface area contributed by atoms with Crippen LogP contribution in [0, 0.1) is 0 Å². The quantitative estimate of drug-likeness (QED) is 0.606. The molecule has 0 aliphatic carbocycles. The summed E-state index contributed by atoms with van der Waals surface area (Å²) in [5.41, 5.74) is 2.82. The molecule has 152 valence electrons. The van der Waals surface area contributed by atoms with Crippen molar-refractivity contribution in [1.29, 1.82) is 0 Å². The molecule has 1 heterocycles. The van der Waals surface area contributed by atoms with Crippen molar-refractivity contribution in [3.05, 3.63) is 69.0 Å². The number of hydrogen-bond donors (Lipinski definition) is 3. The average Bonchev–Trinajstić information content (AvgIpc) is 3.02. The highest BCUT2D eigenvalue weighted by Gasteiger charge is 2.20. The number of carbonyl (C=O) groups is 2. The van der Waals surface area contributed by atoms with Gasteiger partial charge in [-0.05, 0) is 40.7 Å². The number of H-pyrrole nitrogens is 1. The van der Waals surface area contributed by atoms with Gasteiger partial charge in [-0.1, -0.05) is 52.0 Å². The van der Waals surface area contributed by atoms with Crippen molar-refractivity contribution in [1.82, 2.24) is 15.1 Å². The van der Waals surface area contributed by atoms with Crippen LogP contribution in [0.3, 0.4) is 0 Å². The van der Waals surface area contributed by atoms with Crippen LogP contribution in [0.15, 0.2) is 41.2 Å². The molecule has 7 nitrogen and oxygen atoms in total. The molecule has 1 amide bonds. The zero-order valence-corrected chi connectivity index (χ0v) is 16.9. The average molecular weight is 395 g/mol. The Hall–Kier alpha value is -3.35. The Labute approximate surface area is 168 Å². The van der Waals surface area contributed by atoms with E-state index in [0.717, 1.165) is 21.4 Å². The van der Waals surface area contributed by atoms with E-state index in [0.29, 0.717) is 5.52 Å². The molecule has 0 bridgehead atoms. The number of amides is 1. The lowest BCUT2D eigenvalue weighted by atomic mass is 9.89. The van der Waals surface area contributed by atoms with Crippen molar-refractivity contribution in [2.24, 2.45) is 0 Å². The van der Waals surface area contributed by atoms with Gasteiger partial charge < -0.3 is 10.4 Å². The van der Waals surface area contributed by atoms with Gasteiger partial charge >= 0.3 is 12.0 Å². The van der Waals surface area contributed by atoms with Crippen LogP contribution in [0.4, 0.5) is 4.79 Å². The molecule has 0 saturated heterocycles. The Morgan fingerprint density at radius 1 is 1.03 bits per heavy atom. The number of carbonyl (C=O) groups excluding carboxylic acids is 1. The van der Waals surface area contributed by atoms with Crippen molar-refractivity contribution in [2.75, 3.05) is 0 Å². The van der Waals surface area contributed by atoms with Gasteiger partial charge in [0.05, 0.1) is 16.5 Å². The molecule has 1 aromatic heterocycles. The number of carboxylic acid groups (broad SMARTS) is 1. The van der Waals surface area contributed by atoms with Crippen LogP contribution in [0.2, 0.25) is 0 Å². The highest BCUT2D eigenvalue weighted by Crippen LogP contribution is 2.27. The number of nitrogens with zero attached hydrogens (tertiary/aromatic N) is 1. The largest absolute Gasteiger partial charge is 0.478 e. The monoisotopic (exact) mass is 395 g/mol. The Morgan fingerprint density at radius 3 is 2.17 bits per heavy atom. The lowest BCUT2D eigenvalue weighted by Gasteiger charge is -2.20. The Kier molecular flexibility index (Phi) is 5.59. The van der Waals surface area contributed by atoms with Gasteiger partial charge in [-0.2, -0.15) is 4.68 Å². The fourth-order valence-electron chi connectivity index (χ4n) is 3.63. The van der Waals surface area contributed by atoms with E-state index >= 15 is 0 Å². The standard InChI is InChI=1S/C22H25N3O4/c1-12(2)14-7-5-8-15(13(3)4)17(14)11-23-22(29)25-20(26)19-16(21(27)28)9-6-10-18(19)24-25/h5-10,12-13,24H,11H2,1-4H3,(H,23,29)(H,27,28). The smallest absolute Gasteiger partial charge is 0.343 e. The number of benzene rings is 2. The molecule has 0 unspecified atom stereocenters. The van der Waals surface area contributed by atoms with E-state index in [9.17, 15) is 19.5 Å². The summed E-state index contributed by atoms with van der Waals surface area (Å²) in [4.78, 5) is 36.8. The number of rotatable bonds is 5. The zero-order chi connectivity index (χ0) is 21.3. The molecule has 0 radical (unpaired) electrons. The third kappa shape index (κ3) is 3.81. The SMILES string of the molecule is CC(C)c1cccc(C(C)C)c1CNC(=O)n1[nH]c2cccc(C(=O)O)c2c1=O. The second-order valence-electron chi connectivity index (χ2n) is 7.67. The maximum atomic E-state index is 12.7. The molecule has 0 fully saturated rings. The molecule has 3 rings (SSSR count). The summed E-state index contributed by atoms with van der Waals surface area (Å²) in [6.07, 6.45) is 0. The molecule has 2 aromatic carbocycles. The van der Waals surface area contributed by atoms with Crippen LogP contribution in [-0.4, -0.2) is 26.9 Å². The molecule has 0 atom stereocenters. The van der Waals surface area contributed by atoms with Crippen LogP contribution >= 0.6 is 0 Å². The van der Waals surface area contributed by atoms with Gasteiger partial charge in [0.15, 0.2) is 0 Å². The van der Waals surface area contributed by atoms with Gasteiger partial charge in [-0.3, -0.25) is 9.89 Å². The number of fused-ring (bicyclic) bond motifs is 1. The number of nitrogens with one attached hydrogen (secondary N) is 2. The van der Waals surface area contributed by atoms with Crippen molar-refractivity contribution in [3.8, 4) is 0 Å². The Bertz CT molecular complexity index is 1110. The highest BCUT2D eigenvalue weighted by molar-refractivity contribution is 6.03. The van der Waals surface area contributed by atoms with E-state index in [4.69, 9.17) is 0 Å². The van der Waals surface area contributed by atoms with Gasteiger partial charge in [0.2, 0.25) is 0 Å². The van der Waals surface area contributed by atoms with Gasteiger partial charge in [-0.25, -0.2) is 9.59 Å². The summed E-state index contributed by atoms with van der Waals surface area (Å²) in [6, 6.07) is 9.92. The number of carboxylic acids is 1. The van der Waals surface area contributed by atoms with Crippen molar-refractivity contribution in [2.45, 2.75) is 46.1 Å². The van der Waals surface area contributed by atoms with E-state index in [1.54, 1.807) is 6.07 Å². The third-order valence-corrected chi connectivity index (χ3v) is 5.06. The van der Waals surface area contributed by atoms with Crippen LogP contribution < -0.4 is 10.9 Å². The molecule has 0 aliphatic rings. The molecule has 29 heavy (non-hydrogen) atoms. The molecule has 3 N–H and O–H groups in total.